The second-order valence-corrected chi connectivity index (χ2v) is 8.35. The van der Waals surface area contributed by atoms with Crippen LogP contribution in [-0.2, 0) is 19.4 Å². The fourth-order valence-electron chi connectivity index (χ4n) is 4.27. The van der Waals surface area contributed by atoms with Gasteiger partial charge in [-0.2, -0.15) is 0 Å². The Hall–Kier alpha value is -2.92. The van der Waals surface area contributed by atoms with Crippen LogP contribution in [0.5, 0.6) is 0 Å². The number of nitrogens with two attached hydrogens (primary N) is 2. The number of unbranched alkanes of at least 4 members (excludes halogenated alkanes) is 3. The van der Waals surface area contributed by atoms with Crippen molar-refractivity contribution in [2.75, 3.05) is 12.3 Å². The summed E-state index contributed by atoms with van der Waals surface area (Å²) in [5.74, 6) is 1.61. The van der Waals surface area contributed by atoms with Gasteiger partial charge < -0.3 is 16.0 Å². The minimum absolute atomic E-state index is 0.516. The molecule has 0 atom stereocenters. The van der Waals surface area contributed by atoms with E-state index in [2.05, 4.69) is 65.0 Å². The van der Waals surface area contributed by atoms with Gasteiger partial charge in [0.2, 0.25) is 0 Å². The van der Waals surface area contributed by atoms with Crippen LogP contribution in [0.25, 0.3) is 21.9 Å². The van der Waals surface area contributed by atoms with Crippen LogP contribution >= 0.6 is 0 Å². The lowest BCUT2D eigenvalue weighted by Gasteiger charge is -2.12. The van der Waals surface area contributed by atoms with Crippen LogP contribution in [0.15, 0.2) is 48.5 Å². The molecule has 0 saturated carbocycles. The molecule has 2 heterocycles. The number of pyridine rings is 1. The fourth-order valence-corrected chi connectivity index (χ4v) is 4.27. The van der Waals surface area contributed by atoms with Crippen molar-refractivity contribution in [2.24, 2.45) is 5.73 Å². The lowest BCUT2D eigenvalue weighted by atomic mass is 10.0. The summed E-state index contributed by atoms with van der Waals surface area (Å²) in [5, 5.41) is 1.15. The summed E-state index contributed by atoms with van der Waals surface area (Å²) in [6, 6.07) is 17.2. The number of rotatable bonds is 10. The number of anilines is 1. The molecule has 0 radical (unpaired) electrons. The van der Waals surface area contributed by atoms with Crippen LogP contribution in [0.1, 0.15) is 56.0 Å². The second-order valence-electron chi connectivity index (χ2n) is 8.35. The molecule has 0 amide bonds. The molecule has 2 aromatic heterocycles. The Bertz CT molecular complexity index is 1150. The highest BCUT2D eigenvalue weighted by atomic mass is 15.1. The van der Waals surface area contributed by atoms with Gasteiger partial charge in [0, 0.05) is 18.4 Å². The first-order valence-electron chi connectivity index (χ1n) is 11.5. The highest BCUT2D eigenvalue weighted by Gasteiger charge is 2.18. The van der Waals surface area contributed by atoms with Crippen LogP contribution < -0.4 is 11.5 Å². The van der Waals surface area contributed by atoms with Gasteiger partial charge in [0.05, 0.1) is 11.0 Å². The number of aryl methyl sites for hydroxylation is 2. The predicted octanol–water partition coefficient (Wildman–Crippen LogP) is 5.23. The van der Waals surface area contributed by atoms with E-state index >= 15 is 0 Å². The monoisotopic (exact) mass is 415 g/mol. The van der Waals surface area contributed by atoms with E-state index < -0.39 is 0 Å². The summed E-state index contributed by atoms with van der Waals surface area (Å²) in [4.78, 5) is 9.66. The van der Waals surface area contributed by atoms with E-state index in [1.807, 2.05) is 0 Å². The Labute approximate surface area is 184 Å². The molecule has 5 heteroatoms. The Kier molecular flexibility index (Phi) is 6.82. The maximum atomic E-state index is 6.38. The van der Waals surface area contributed by atoms with E-state index in [1.54, 1.807) is 0 Å². The Balaban J connectivity index is 1.83. The van der Waals surface area contributed by atoms with Gasteiger partial charge in [0.15, 0.2) is 5.82 Å². The zero-order valence-electron chi connectivity index (χ0n) is 18.5. The number of imidazole rings is 1. The first kappa shape index (κ1) is 21.3. The van der Waals surface area contributed by atoms with Crippen LogP contribution in [0, 0.1) is 0 Å². The van der Waals surface area contributed by atoms with Gasteiger partial charge in [-0.25, -0.2) is 9.97 Å². The Morgan fingerprint density at radius 1 is 0.871 bits per heavy atom. The summed E-state index contributed by atoms with van der Waals surface area (Å²) < 4.78 is 2.36. The smallest absolute Gasteiger partial charge is 0.152 e. The average molecular weight is 416 g/mol. The van der Waals surface area contributed by atoms with Gasteiger partial charge in [-0.05, 0) is 55.5 Å². The molecule has 4 rings (SSSR count). The number of nitrogen functional groups attached to an aromatic ring is 1. The molecular weight excluding hydrogens is 382 g/mol. The van der Waals surface area contributed by atoms with Crippen molar-refractivity contribution in [1.29, 1.82) is 0 Å². The highest BCUT2D eigenvalue weighted by molar-refractivity contribution is 6.06. The van der Waals surface area contributed by atoms with E-state index in [0.29, 0.717) is 5.82 Å². The summed E-state index contributed by atoms with van der Waals surface area (Å²) in [7, 11) is 0. The SMILES string of the molecule is CCCCc1nc2c(N)nc3ccc(CCCCCN)cc3c2n1Cc1ccccc1. The summed E-state index contributed by atoms with van der Waals surface area (Å²) in [6.07, 6.45) is 7.64. The maximum absolute atomic E-state index is 6.38. The normalized spacial score (nSPS) is 11.5. The number of aromatic nitrogens is 3. The zero-order chi connectivity index (χ0) is 21.6. The average Bonchev–Trinajstić information content (AvgIpc) is 3.15. The van der Waals surface area contributed by atoms with Crippen molar-refractivity contribution >= 4 is 27.8 Å². The van der Waals surface area contributed by atoms with Crippen molar-refractivity contribution < 1.29 is 0 Å². The molecule has 4 N–H and O–H groups in total. The molecule has 0 bridgehead atoms. The van der Waals surface area contributed by atoms with Gasteiger partial charge in [-0.3, -0.25) is 0 Å². The van der Waals surface area contributed by atoms with E-state index in [4.69, 9.17) is 16.5 Å². The standard InChI is InChI=1S/C26H33N5/c1-2-3-13-23-30-24-25(31(23)18-20-11-6-4-7-12-20)21-17-19(10-8-5-9-16-27)14-15-22(21)29-26(24)28/h4,6-7,11-12,14-15,17H,2-3,5,8-10,13,16,18,27H2,1H3,(H2,28,29). The van der Waals surface area contributed by atoms with Crippen molar-refractivity contribution in [2.45, 2.75) is 58.4 Å². The third-order valence-corrected chi connectivity index (χ3v) is 5.95. The van der Waals surface area contributed by atoms with Crippen LogP contribution in [-0.4, -0.2) is 21.1 Å². The number of benzene rings is 2. The fraction of sp³-hybridized carbons (Fsp3) is 0.385. The number of hydrogen-bond acceptors (Lipinski definition) is 4. The van der Waals surface area contributed by atoms with Crippen molar-refractivity contribution in [3.63, 3.8) is 0 Å². The lowest BCUT2D eigenvalue weighted by Crippen LogP contribution is -2.06. The van der Waals surface area contributed by atoms with Gasteiger partial charge >= 0.3 is 0 Å². The molecule has 0 aliphatic heterocycles. The zero-order valence-corrected chi connectivity index (χ0v) is 18.5. The third kappa shape index (κ3) is 4.72. The quantitative estimate of drug-likeness (QED) is 0.347. The minimum atomic E-state index is 0.516. The lowest BCUT2D eigenvalue weighted by molar-refractivity contribution is 0.686. The molecule has 2 aromatic carbocycles. The van der Waals surface area contributed by atoms with Gasteiger partial charge in [0.25, 0.3) is 0 Å². The second kappa shape index (κ2) is 9.92. The van der Waals surface area contributed by atoms with Crippen LogP contribution in [0.3, 0.4) is 0 Å². The molecule has 4 aromatic rings. The Morgan fingerprint density at radius 2 is 1.71 bits per heavy atom. The maximum Gasteiger partial charge on any atom is 0.152 e. The molecule has 0 aliphatic carbocycles. The largest absolute Gasteiger partial charge is 0.382 e. The van der Waals surface area contributed by atoms with Crippen molar-refractivity contribution in [3.8, 4) is 0 Å². The molecule has 0 spiro atoms. The third-order valence-electron chi connectivity index (χ3n) is 5.95. The molecular formula is C26H33N5. The number of nitrogens with zero attached hydrogens (tertiary/aromatic N) is 3. The van der Waals surface area contributed by atoms with Crippen LogP contribution in [0.2, 0.25) is 0 Å². The van der Waals surface area contributed by atoms with E-state index in [9.17, 15) is 0 Å². The first-order valence-corrected chi connectivity index (χ1v) is 11.5. The van der Waals surface area contributed by atoms with Gasteiger partial charge in [-0.1, -0.05) is 56.2 Å². The van der Waals surface area contributed by atoms with Gasteiger partial charge in [-0.15, -0.1) is 0 Å². The minimum Gasteiger partial charge on any atom is -0.382 e. The summed E-state index contributed by atoms with van der Waals surface area (Å²) in [6.45, 7) is 3.77. The molecule has 0 fully saturated rings. The Morgan fingerprint density at radius 3 is 2.48 bits per heavy atom. The van der Waals surface area contributed by atoms with E-state index in [-0.39, 0.29) is 0 Å². The highest BCUT2D eigenvalue weighted by Crippen LogP contribution is 2.31. The molecule has 5 nitrogen and oxygen atoms in total. The van der Waals surface area contributed by atoms with E-state index in [0.717, 1.165) is 85.8 Å². The number of hydrogen-bond donors (Lipinski definition) is 2. The number of fused-ring (bicyclic) bond motifs is 3. The van der Waals surface area contributed by atoms with E-state index in [1.165, 1.54) is 11.1 Å². The molecule has 0 unspecified atom stereocenters. The summed E-state index contributed by atoms with van der Waals surface area (Å²) >= 11 is 0. The predicted molar refractivity (Wildman–Crippen MR) is 130 cm³/mol. The van der Waals surface area contributed by atoms with Gasteiger partial charge in [0.1, 0.15) is 11.3 Å². The van der Waals surface area contributed by atoms with Crippen LogP contribution in [0.4, 0.5) is 5.82 Å². The first-order chi connectivity index (χ1) is 15.2. The van der Waals surface area contributed by atoms with Crippen molar-refractivity contribution in [3.05, 3.63) is 65.5 Å². The topological polar surface area (TPSA) is 82.8 Å². The molecule has 31 heavy (non-hydrogen) atoms. The van der Waals surface area contributed by atoms with Crippen molar-refractivity contribution in [1.82, 2.24) is 14.5 Å². The molecule has 0 saturated heterocycles. The molecule has 0 aliphatic rings. The molecule has 162 valence electrons. The summed E-state index contributed by atoms with van der Waals surface area (Å²) in [5.41, 5.74) is 17.5.